The lowest BCUT2D eigenvalue weighted by atomic mass is 10.3. The Kier molecular flexibility index (Phi) is 8.40. The van der Waals surface area contributed by atoms with Crippen molar-refractivity contribution in [3.8, 4) is 0 Å². The summed E-state index contributed by atoms with van der Waals surface area (Å²) < 4.78 is 28.8. The van der Waals surface area contributed by atoms with Gasteiger partial charge in [0, 0.05) is 19.8 Å². The predicted octanol–water partition coefficient (Wildman–Crippen LogP) is 2.67. The van der Waals surface area contributed by atoms with Crippen molar-refractivity contribution in [1.82, 2.24) is 0 Å². The fraction of sp³-hybridized carbons (Fsp3) is 0.857. The van der Waals surface area contributed by atoms with Crippen LogP contribution in [-0.4, -0.2) is 47.9 Å². The summed E-state index contributed by atoms with van der Waals surface area (Å²) in [7, 11) is -2.92. The molecule has 0 N–H and O–H groups in total. The van der Waals surface area contributed by atoms with Crippen LogP contribution in [0, 0.1) is 0 Å². The highest BCUT2D eigenvalue weighted by Crippen LogP contribution is 2.24. The van der Waals surface area contributed by atoms with Crippen molar-refractivity contribution in [2.45, 2.75) is 46.6 Å². The monoisotopic (exact) mass is 304 g/mol. The minimum absolute atomic E-state index is 0.205. The van der Waals surface area contributed by atoms with Gasteiger partial charge in [0.05, 0.1) is 6.61 Å². The van der Waals surface area contributed by atoms with Crippen molar-refractivity contribution in [2.75, 3.05) is 33.0 Å². The summed E-state index contributed by atoms with van der Waals surface area (Å²) in [6.45, 7) is 10.9. The first-order valence-corrected chi connectivity index (χ1v) is 9.31. The molecular formula is C14H28O5Si. The Morgan fingerprint density at radius 2 is 1.65 bits per heavy atom. The summed E-state index contributed by atoms with van der Waals surface area (Å²) in [5.74, 6) is 0. The van der Waals surface area contributed by atoms with Crippen molar-refractivity contribution in [1.29, 1.82) is 0 Å². The zero-order chi connectivity index (χ0) is 14.8. The molecule has 1 rings (SSSR count). The molecule has 0 aromatic carbocycles. The maximum absolute atomic E-state index is 5.91. The van der Waals surface area contributed by atoms with Gasteiger partial charge in [0.25, 0.3) is 0 Å². The number of hydrogen-bond acceptors (Lipinski definition) is 5. The average molecular weight is 304 g/mol. The third kappa shape index (κ3) is 5.53. The maximum atomic E-state index is 5.91. The normalized spacial score (nSPS) is 19.2. The van der Waals surface area contributed by atoms with Crippen LogP contribution in [0.15, 0.2) is 11.5 Å². The Balaban J connectivity index is 2.84. The van der Waals surface area contributed by atoms with Gasteiger partial charge in [0.2, 0.25) is 0 Å². The molecule has 0 radical (unpaired) electrons. The highest BCUT2D eigenvalue weighted by Gasteiger charge is 2.48. The van der Waals surface area contributed by atoms with E-state index < -0.39 is 8.80 Å². The van der Waals surface area contributed by atoms with Crippen molar-refractivity contribution in [2.24, 2.45) is 0 Å². The number of ether oxygens (including phenoxy) is 2. The molecule has 0 saturated carbocycles. The zero-order valence-corrected chi connectivity index (χ0v) is 14.1. The topological polar surface area (TPSA) is 49.5 Å². The molecule has 0 aromatic heterocycles. The molecule has 0 aliphatic carbocycles. The van der Waals surface area contributed by atoms with E-state index in [2.05, 4.69) is 13.0 Å². The summed E-state index contributed by atoms with van der Waals surface area (Å²) in [4.78, 5) is 0. The minimum atomic E-state index is -2.92. The van der Waals surface area contributed by atoms with E-state index in [9.17, 15) is 0 Å². The van der Waals surface area contributed by atoms with Crippen LogP contribution in [0.1, 0.15) is 40.5 Å². The molecular weight excluding hydrogens is 276 g/mol. The van der Waals surface area contributed by atoms with Gasteiger partial charge >= 0.3 is 8.80 Å². The second-order valence-corrected chi connectivity index (χ2v) is 6.95. The summed E-state index contributed by atoms with van der Waals surface area (Å²) >= 11 is 0. The molecule has 1 heterocycles. The summed E-state index contributed by atoms with van der Waals surface area (Å²) in [5, 5.41) is 0.736. The van der Waals surface area contributed by atoms with Crippen molar-refractivity contribution in [3.63, 3.8) is 0 Å². The molecule has 0 spiro atoms. The van der Waals surface area contributed by atoms with E-state index in [1.54, 1.807) is 0 Å². The standard InChI is InChI=1S/C14H28O5Si/c1-5-9-10-14(16-12-13-11-15-13)20(17-6-2,18-7-3)19-8-4/h10,13H,5-9,11-12H2,1-4H3/b14-10+. The van der Waals surface area contributed by atoms with Crippen LogP contribution in [0.3, 0.4) is 0 Å². The molecule has 1 unspecified atom stereocenters. The molecule has 1 fully saturated rings. The zero-order valence-electron chi connectivity index (χ0n) is 13.1. The Morgan fingerprint density at radius 3 is 2.05 bits per heavy atom. The van der Waals surface area contributed by atoms with Crippen LogP contribution in [0.5, 0.6) is 0 Å². The fourth-order valence-corrected chi connectivity index (χ4v) is 4.27. The number of hydrogen-bond donors (Lipinski definition) is 0. The van der Waals surface area contributed by atoms with E-state index in [-0.39, 0.29) is 6.10 Å². The molecule has 5 nitrogen and oxygen atoms in total. The molecule has 0 aromatic rings. The van der Waals surface area contributed by atoms with Crippen LogP contribution in [0.25, 0.3) is 0 Å². The SMILES string of the molecule is CCC/C=C(\OCC1CO1)[Si](OCC)(OCC)OCC. The molecule has 1 aliphatic rings. The highest BCUT2D eigenvalue weighted by molar-refractivity contribution is 6.68. The maximum Gasteiger partial charge on any atom is 0.573 e. The van der Waals surface area contributed by atoms with Gasteiger partial charge in [-0.1, -0.05) is 13.3 Å². The van der Waals surface area contributed by atoms with Gasteiger partial charge in [-0.2, -0.15) is 0 Å². The Morgan fingerprint density at radius 1 is 1.10 bits per heavy atom. The van der Waals surface area contributed by atoms with E-state index in [4.69, 9.17) is 22.8 Å². The Hall–Kier alpha value is -0.403. The highest BCUT2D eigenvalue weighted by atomic mass is 28.4. The van der Waals surface area contributed by atoms with Crippen molar-refractivity contribution < 1.29 is 22.8 Å². The first kappa shape index (κ1) is 17.6. The van der Waals surface area contributed by atoms with E-state index in [1.807, 2.05) is 20.8 Å². The van der Waals surface area contributed by atoms with E-state index in [1.165, 1.54) is 0 Å². The number of rotatable bonds is 12. The molecule has 118 valence electrons. The number of allylic oxidation sites excluding steroid dienone is 1. The van der Waals surface area contributed by atoms with Crippen LogP contribution < -0.4 is 0 Å². The van der Waals surface area contributed by atoms with Gasteiger partial charge in [0.1, 0.15) is 12.7 Å². The molecule has 0 bridgehead atoms. The second-order valence-electron chi connectivity index (χ2n) is 4.48. The fourth-order valence-electron chi connectivity index (χ4n) is 1.80. The first-order valence-electron chi connectivity index (χ1n) is 7.59. The largest absolute Gasteiger partial charge is 0.573 e. The molecule has 6 heteroatoms. The molecule has 1 aliphatic heterocycles. The van der Waals surface area contributed by atoms with Gasteiger partial charge in [0.15, 0.2) is 5.38 Å². The third-order valence-corrected chi connectivity index (χ3v) is 5.71. The summed E-state index contributed by atoms with van der Waals surface area (Å²) in [6, 6.07) is 0. The van der Waals surface area contributed by atoms with Gasteiger partial charge in [-0.3, -0.25) is 0 Å². The van der Waals surface area contributed by atoms with Crippen molar-refractivity contribution >= 4 is 8.80 Å². The lowest BCUT2D eigenvalue weighted by Gasteiger charge is -2.30. The smallest absolute Gasteiger partial charge is 0.492 e. The molecule has 20 heavy (non-hydrogen) atoms. The molecule has 1 saturated heterocycles. The van der Waals surface area contributed by atoms with E-state index in [0.29, 0.717) is 26.4 Å². The summed E-state index contributed by atoms with van der Waals surface area (Å²) in [6.07, 6.45) is 4.22. The molecule has 1 atom stereocenters. The minimum Gasteiger partial charge on any atom is -0.492 e. The van der Waals surface area contributed by atoms with Crippen LogP contribution in [0.4, 0.5) is 0 Å². The number of epoxide rings is 1. The average Bonchev–Trinajstić information content (AvgIpc) is 3.23. The van der Waals surface area contributed by atoms with Crippen LogP contribution in [-0.2, 0) is 22.8 Å². The Bertz CT molecular complexity index is 274. The van der Waals surface area contributed by atoms with Crippen LogP contribution in [0.2, 0.25) is 0 Å². The van der Waals surface area contributed by atoms with Gasteiger partial charge in [-0.25, -0.2) is 0 Å². The first-order chi connectivity index (χ1) is 9.72. The van der Waals surface area contributed by atoms with Gasteiger partial charge < -0.3 is 22.8 Å². The lowest BCUT2D eigenvalue weighted by molar-refractivity contribution is 0.0542. The quantitative estimate of drug-likeness (QED) is 0.315. The van der Waals surface area contributed by atoms with E-state index in [0.717, 1.165) is 24.8 Å². The summed E-state index contributed by atoms with van der Waals surface area (Å²) in [5.41, 5.74) is 0. The third-order valence-electron chi connectivity index (χ3n) is 2.75. The van der Waals surface area contributed by atoms with Gasteiger partial charge in [-0.15, -0.1) is 0 Å². The predicted molar refractivity (Wildman–Crippen MR) is 79.3 cm³/mol. The van der Waals surface area contributed by atoms with E-state index >= 15 is 0 Å². The second kappa shape index (κ2) is 9.52. The van der Waals surface area contributed by atoms with Crippen molar-refractivity contribution in [3.05, 3.63) is 11.5 Å². The Labute approximate surface area is 123 Å². The lowest BCUT2D eigenvalue weighted by Crippen LogP contribution is -2.49. The molecule has 0 amide bonds. The van der Waals surface area contributed by atoms with Crippen LogP contribution >= 0.6 is 0 Å². The van der Waals surface area contributed by atoms with Gasteiger partial charge in [-0.05, 0) is 33.3 Å². The number of unbranched alkanes of at least 4 members (excludes halogenated alkanes) is 1.